The zero-order valence-corrected chi connectivity index (χ0v) is 7.68. The summed E-state index contributed by atoms with van der Waals surface area (Å²) in [6.45, 7) is 4.58. The number of amides is 1. The second-order valence-corrected chi connectivity index (χ2v) is 3.30. The number of ether oxygens (including phenoxy) is 1. The molecular formula is C10H11NO2. The molecule has 68 valence electrons. The van der Waals surface area contributed by atoms with Crippen molar-refractivity contribution >= 4 is 6.09 Å². The molecule has 13 heavy (non-hydrogen) atoms. The van der Waals surface area contributed by atoms with Crippen LogP contribution in [0, 0.1) is 13.8 Å². The fraction of sp³-hybridized carbons (Fsp3) is 0.300. The standard InChI is InChI=1S/C10H11NO2/c1-6-3-7(2)8-5-11-10(12)13-9(8)4-6/h3-4H,5H2,1-2H3,(H,11,12). The normalized spacial score (nSPS) is 14.5. The van der Waals surface area contributed by atoms with Crippen LogP contribution in [0.4, 0.5) is 4.79 Å². The van der Waals surface area contributed by atoms with Gasteiger partial charge >= 0.3 is 6.09 Å². The molecule has 1 aromatic rings. The predicted molar refractivity (Wildman–Crippen MR) is 48.8 cm³/mol. The number of aryl methyl sites for hydroxylation is 2. The minimum atomic E-state index is -0.363. The van der Waals surface area contributed by atoms with Crippen LogP contribution in [-0.2, 0) is 6.54 Å². The summed E-state index contributed by atoms with van der Waals surface area (Å²) in [6, 6.07) is 3.97. The van der Waals surface area contributed by atoms with Crippen LogP contribution in [0.15, 0.2) is 12.1 Å². The van der Waals surface area contributed by atoms with Crippen LogP contribution in [0.3, 0.4) is 0 Å². The van der Waals surface area contributed by atoms with Gasteiger partial charge in [-0.2, -0.15) is 0 Å². The lowest BCUT2D eigenvalue weighted by Crippen LogP contribution is -2.31. The van der Waals surface area contributed by atoms with E-state index in [1.165, 1.54) is 0 Å². The van der Waals surface area contributed by atoms with Crippen LogP contribution in [0.5, 0.6) is 5.75 Å². The van der Waals surface area contributed by atoms with Gasteiger partial charge in [-0.3, -0.25) is 0 Å². The largest absolute Gasteiger partial charge is 0.412 e. The molecule has 1 heterocycles. The van der Waals surface area contributed by atoms with E-state index >= 15 is 0 Å². The second kappa shape index (κ2) is 2.76. The maximum Gasteiger partial charge on any atom is 0.412 e. The Labute approximate surface area is 76.7 Å². The van der Waals surface area contributed by atoms with Crippen LogP contribution < -0.4 is 10.1 Å². The minimum absolute atomic E-state index is 0.363. The van der Waals surface area contributed by atoms with Crippen molar-refractivity contribution in [1.82, 2.24) is 5.32 Å². The first kappa shape index (κ1) is 8.10. The third kappa shape index (κ3) is 1.37. The lowest BCUT2D eigenvalue weighted by atomic mass is 10.0. The number of hydrogen-bond acceptors (Lipinski definition) is 2. The molecule has 1 aliphatic heterocycles. The Morgan fingerprint density at radius 3 is 2.92 bits per heavy atom. The van der Waals surface area contributed by atoms with Crippen LogP contribution >= 0.6 is 0 Å². The summed E-state index contributed by atoms with van der Waals surface area (Å²) < 4.78 is 5.04. The molecule has 0 aromatic heterocycles. The van der Waals surface area contributed by atoms with Crippen molar-refractivity contribution < 1.29 is 9.53 Å². The van der Waals surface area contributed by atoms with Gasteiger partial charge in [0.15, 0.2) is 0 Å². The van der Waals surface area contributed by atoms with E-state index in [1.54, 1.807) is 0 Å². The number of nitrogens with one attached hydrogen (secondary N) is 1. The van der Waals surface area contributed by atoms with Crippen molar-refractivity contribution in [2.45, 2.75) is 20.4 Å². The lowest BCUT2D eigenvalue weighted by Gasteiger charge is -2.19. The Morgan fingerprint density at radius 1 is 1.38 bits per heavy atom. The molecule has 0 fully saturated rings. The smallest absolute Gasteiger partial charge is 0.410 e. The number of rotatable bonds is 0. The highest BCUT2D eigenvalue weighted by Gasteiger charge is 2.17. The first-order valence-electron chi connectivity index (χ1n) is 4.22. The molecule has 3 heteroatoms. The SMILES string of the molecule is Cc1cc(C)c2c(c1)OC(=O)NC2. The van der Waals surface area contributed by atoms with E-state index in [0.29, 0.717) is 12.3 Å². The molecule has 0 aliphatic carbocycles. The summed E-state index contributed by atoms with van der Waals surface area (Å²) >= 11 is 0. The predicted octanol–water partition coefficient (Wildman–Crippen LogP) is 1.91. The Bertz CT molecular complexity index is 371. The molecule has 0 unspecified atom stereocenters. The molecule has 0 bridgehead atoms. The Balaban J connectivity index is 2.53. The van der Waals surface area contributed by atoms with E-state index < -0.39 is 0 Å². The molecule has 1 aromatic carbocycles. The third-order valence-electron chi connectivity index (χ3n) is 2.19. The summed E-state index contributed by atoms with van der Waals surface area (Å²) in [5.74, 6) is 0.696. The molecule has 0 saturated carbocycles. The fourth-order valence-corrected chi connectivity index (χ4v) is 1.57. The maximum atomic E-state index is 10.9. The van der Waals surface area contributed by atoms with Gasteiger partial charge in [0.25, 0.3) is 0 Å². The highest BCUT2D eigenvalue weighted by Crippen LogP contribution is 2.26. The maximum absolute atomic E-state index is 10.9. The van der Waals surface area contributed by atoms with E-state index in [9.17, 15) is 4.79 Å². The molecule has 2 rings (SSSR count). The van der Waals surface area contributed by atoms with E-state index in [-0.39, 0.29) is 6.09 Å². The van der Waals surface area contributed by atoms with Gasteiger partial charge in [0.05, 0.1) is 6.54 Å². The Hall–Kier alpha value is -1.51. The topological polar surface area (TPSA) is 38.3 Å². The van der Waals surface area contributed by atoms with Gasteiger partial charge in [-0.05, 0) is 31.0 Å². The van der Waals surface area contributed by atoms with Crippen LogP contribution in [0.25, 0.3) is 0 Å². The molecule has 3 nitrogen and oxygen atoms in total. The van der Waals surface area contributed by atoms with Gasteiger partial charge in [-0.15, -0.1) is 0 Å². The molecule has 0 spiro atoms. The summed E-state index contributed by atoms with van der Waals surface area (Å²) in [4.78, 5) is 10.9. The molecular weight excluding hydrogens is 166 g/mol. The van der Waals surface area contributed by atoms with E-state index in [4.69, 9.17) is 4.74 Å². The zero-order chi connectivity index (χ0) is 9.42. The molecule has 0 saturated heterocycles. The minimum Gasteiger partial charge on any atom is -0.410 e. The first-order chi connectivity index (χ1) is 6.16. The van der Waals surface area contributed by atoms with E-state index in [1.807, 2.05) is 19.9 Å². The third-order valence-corrected chi connectivity index (χ3v) is 2.19. The van der Waals surface area contributed by atoms with E-state index in [2.05, 4.69) is 11.4 Å². The summed E-state index contributed by atoms with van der Waals surface area (Å²) in [5, 5.41) is 2.64. The lowest BCUT2D eigenvalue weighted by molar-refractivity contribution is 0.194. The first-order valence-corrected chi connectivity index (χ1v) is 4.22. The highest BCUT2D eigenvalue weighted by atomic mass is 16.6. The monoisotopic (exact) mass is 177 g/mol. The number of carbonyl (C=O) groups excluding carboxylic acids is 1. The van der Waals surface area contributed by atoms with Crippen LogP contribution in [0.1, 0.15) is 16.7 Å². The zero-order valence-electron chi connectivity index (χ0n) is 7.68. The fourth-order valence-electron chi connectivity index (χ4n) is 1.57. The van der Waals surface area contributed by atoms with Gasteiger partial charge in [-0.1, -0.05) is 6.07 Å². The molecule has 1 amide bonds. The van der Waals surface area contributed by atoms with Crippen molar-refractivity contribution in [3.05, 3.63) is 28.8 Å². The Morgan fingerprint density at radius 2 is 2.15 bits per heavy atom. The average molecular weight is 177 g/mol. The average Bonchev–Trinajstić information content (AvgIpc) is 2.02. The second-order valence-electron chi connectivity index (χ2n) is 3.30. The number of benzene rings is 1. The Kier molecular flexibility index (Phi) is 1.72. The van der Waals surface area contributed by atoms with Gasteiger partial charge < -0.3 is 10.1 Å². The van der Waals surface area contributed by atoms with Crippen molar-refractivity contribution in [3.63, 3.8) is 0 Å². The summed E-state index contributed by atoms with van der Waals surface area (Å²) in [6.07, 6.45) is -0.363. The highest BCUT2D eigenvalue weighted by molar-refractivity contribution is 5.73. The molecule has 1 aliphatic rings. The van der Waals surface area contributed by atoms with E-state index in [0.717, 1.165) is 16.7 Å². The van der Waals surface area contributed by atoms with Crippen molar-refractivity contribution in [3.8, 4) is 5.75 Å². The van der Waals surface area contributed by atoms with Gasteiger partial charge in [0.1, 0.15) is 5.75 Å². The quantitative estimate of drug-likeness (QED) is 0.657. The number of carbonyl (C=O) groups is 1. The molecule has 0 atom stereocenters. The summed E-state index contributed by atoms with van der Waals surface area (Å²) in [5.41, 5.74) is 3.35. The number of fused-ring (bicyclic) bond motifs is 1. The van der Waals surface area contributed by atoms with Crippen LogP contribution in [-0.4, -0.2) is 6.09 Å². The van der Waals surface area contributed by atoms with Crippen molar-refractivity contribution in [2.24, 2.45) is 0 Å². The molecule has 0 radical (unpaired) electrons. The van der Waals surface area contributed by atoms with Crippen LogP contribution in [0.2, 0.25) is 0 Å². The van der Waals surface area contributed by atoms with Gasteiger partial charge in [0.2, 0.25) is 0 Å². The summed E-state index contributed by atoms with van der Waals surface area (Å²) in [7, 11) is 0. The number of hydrogen-bond donors (Lipinski definition) is 1. The van der Waals surface area contributed by atoms with Gasteiger partial charge in [0, 0.05) is 5.56 Å². The molecule has 1 N–H and O–H groups in total. The van der Waals surface area contributed by atoms with Gasteiger partial charge in [-0.25, -0.2) is 4.79 Å². The van der Waals surface area contributed by atoms with Crippen molar-refractivity contribution in [1.29, 1.82) is 0 Å². The van der Waals surface area contributed by atoms with Crippen molar-refractivity contribution in [2.75, 3.05) is 0 Å².